The van der Waals surface area contributed by atoms with Crippen molar-refractivity contribution in [1.29, 1.82) is 0 Å². The number of ether oxygens (including phenoxy) is 1. The highest BCUT2D eigenvalue weighted by molar-refractivity contribution is 7.45. The maximum atomic E-state index is 13.5. The summed E-state index contributed by atoms with van der Waals surface area (Å²) >= 11 is 0. The molecule has 0 radical (unpaired) electrons. The Hall–Kier alpha value is -2.55. The number of phosphoric ester groups is 1. The molecule has 76 heavy (non-hydrogen) atoms. The number of nitrogens with one attached hydrogen (secondary N) is 1. The van der Waals surface area contributed by atoms with Crippen LogP contribution in [0, 0.1) is 0 Å². The van der Waals surface area contributed by atoms with Crippen LogP contribution in [0.15, 0.2) is 72.9 Å². The van der Waals surface area contributed by atoms with Gasteiger partial charge in [-0.25, -0.2) is 0 Å². The Bertz CT molecular complexity index is 1530. The first-order valence-corrected chi connectivity index (χ1v) is 33.2. The molecule has 0 bridgehead atoms. The molecule has 3 unspecified atom stereocenters. The molecule has 9 nitrogen and oxygen atoms in total. The molecule has 10 heteroatoms. The summed E-state index contributed by atoms with van der Waals surface area (Å²) in [6, 6.07) is -0.889. The second-order valence-corrected chi connectivity index (χ2v) is 23.9. The molecule has 442 valence electrons. The van der Waals surface area contributed by atoms with Crippen LogP contribution in [0.3, 0.4) is 0 Å². The standard InChI is InChI=1S/C66H121N2O7P/c1-7-10-13-16-19-22-25-27-28-29-30-31-32-33-34-35-36-37-38-39-40-41-44-46-49-52-55-58-65(69)67-63(62-74-76(71,72)73-61-60-68(4,5)6)64(57-54-51-48-45-43-26-23-20-17-14-11-8-2)75-66(70)59-56-53-50-47-42-24-21-18-15-12-9-3/h10,13,19,22,27-28,30-31,33-34,54,57,63-64H,7-9,11-12,14-18,20-21,23-26,29,32,35-53,55-56,58-62H2,1-6H3,(H-,67,69,71,72)/b13-10-,22-19-,28-27-,31-30-,34-33-,57-54-. The molecule has 0 heterocycles. The predicted octanol–water partition coefficient (Wildman–Crippen LogP) is 19.0. The highest BCUT2D eigenvalue weighted by Crippen LogP contribution is 2.38. The minimum absolute atomic E-state index is 0.0234. The van der Waals surface area contributed by atoms with E-state index in [9.17, 15) is 19.0 Å². The number of phosphoric acid groups is 1. The number of quaternary nitrogens is 1. The van der Waals surface area contributed by atoms with Gasteiger partial charge >= 0.3 is 5.97 Å². The van der Waals surface area contributed by atoms with Gasteiger partial charge in [0.05, 0.1) is 33.8 Å². The van der Waals surface area contributed by atoms with Crippen LogP contribution in [0.2, 0.25) is 0 Å². The fourth-order valence-electron chi connectivity index (χ4n) is 9.02. The van der Waals surface area contributed by atoms with Crippen molar-refractivity contribution in [3.05, 3.63) is 72.9 Å². The van der Waals surface area contributed by atoms with Crippen LogP contribution in [-0.2, 0) is 27.9 Å². The smallest absolute Gasteiger partial charge is 0.306 e. The summed E-state index contributed by atoms with van der Waals surface area (Å²) in [7, 11) is 1.18. The number of hydrogen-bond acceptors (Lipinski definition) is 7. The predicted molar refractivity (Wildman–Crippen MR) is 325 cm³/mol. The molecule has 0 fully saturated rings. The normalized spacial score (nSPS) is 14.1. The highest BCUT2D eigenvalue weighted by Gasteiger charge is 2.27. The molecular weight excluding hydrogens is 964 g/mol. The van der Waals surface area contributed by atoms with E-state index in [4.69, 9.17) is 13.8 Å². The van der Waals surface area contributed by atoms with Gasteiger partial charge in [0.15, 0.2) is 0 Å². The van der Waals surface area contributed by atoms with Crippen LogP contribution >= 0.6 is 7.82 Å². The Balaban J connectivity index is 5.03. The molecule has 3 atom stereocenters. The quantitative estimate of drug-likeness (QED) is 0.0212. The van der Waals surface area contributed by atoms with Gasteiger partial charge in [-0.1, -0.05) is 267 Å². The van der Waals surface area contributed by atoms with Crippen molar-refractivity contribution in [3.8, 4) is 0 Å². The molecule has 0 spiro atoms. The molecule has 0 rings (SSSR count). The molecule has 0 aromatic carbocycles. The molecule has 0 aliphatic rings. The molecule has 0 aromatic heterocycles. The third kappa shape index (κ3) is 56.2. The number of unbranched alkanes of at least 4 members (excludes halogenated alkanes) is 31. The van der Waals surface area contributed by atoms with Crippen LogP contribution in [0.25, 0.3) is 0 Å². The molecule has 0 aliphatic heterocycles. The molecule has 0 saturated heterocycles. The lowest BCUT2D eigenvalue weighted by atomic mass is 10.0. The van der Waals surface area contributed by atoms with Crippen molar-refractivity contribution in [3.63, 3.8) is 0 Å². The molecule has 0 aromatic rings. The summed E-state index contributed by atoms with van der Waals surface area (Å²) in [6.45, 7) is 6.73. The van der Waals surface area contributed by atoms with Crippen LogP contribution in [0.4, 0.5) is 0 Å². The third-order valence-corrected chi connectivity index (χ3v) is 14.9. The highest BCUT2D eigenvalue weighted by atomic mass is 31.2. The number of carbonyl (C=O) groups is 2. The minimum atomic E-state index is -4.70. The Kier molecular flexibility index (Phi) is 53.9. The number of amides is 1. The lowest BCUT2D eigenvalue weighted by Gasteiger charge is -2.30. The topological polar surface area (TPSA) is 114 Å². The Labute approximate surface area is 470 Å². The van der Waals surface area contributed by atoms with Crippen LogP contribution in [0.5, 0.6) is 0 Å². The second-order valence-electron chi connectivity index (χ2n) is 22.5. The van der Waals surface area contributed by atoms with E-state index in [1.54, 1.807) is 0 Å². The first kappa shape index (κ1) is 73.5. The number of nitrogens with zero attached hydrogens (tertiary/aromatic N) is 1. The fourth-order valence-corrected chi connectivity index (χ4v) is 9.74. The molecule has 0 saturated carbocycles. The van der Waals surface area contributed by atoms with Gasteiger partial charge in [-0.2, -0.15) is 0 Å². The summed E-state index contributed by atoms with van der Waals surface area (Å²) in [5.41, 5.74) is 0. The first-order chi connectivity index (χ1) is 36.9. The van der Waals surface area contributed by atoms with Crippen molar-refractivity contribution in [2.75, 3.05) is 40.9 Å². The van der Waals surface area contributed by atoms with E-state index in [2.05, 4.69) is 86.8 Å². The zero-order chi connectivity index (χ0) is 55.7. The summed E-state index contributed by atoms with van der Waals surface area (Å²) in [5, 5.41) is 3.03. The largest absolute Gasteiger partial charge is 0.756 e. The SMILES string of the molecule is CC/C=C\C/C=C\C/C=C\C/C=C\C/C=C\CCCCCCCCCCCCCC(=O)NC(COP(=O)([O-])OCC[N+](C)(C)C)C(/C=C\CCCCCCCCCCCC)OC(=O)CCCCCCCCCCCCC. The number of carbonyl (C=O) groups excluding carboxylic acids is 2. The summed E-state index contributed by atoms with van der Waals surface area (Å²) < 4.78 is 30.3. The Morgan fingerprint density at radius 3 is 1.26 bits per heavy atom. The van der Waals surface area contributed by atoms with Gasteiger partial charge < -0.3 is 28.5 Å². The van der Waals surface area contributed by atoms with Gasteiger partial charge in [0.2, 0.25) is 5.91 Å². The summed E-state index contributed by atoms with van der Waals surface area (Å²) in [5.74, 6) is -0.540. The molecule has 1 amide bonds. The van der Waals surface area contributed by atoms with E-state index in [1.165, 1.54) is 154 Å². The van der Waals surface area contributed by atoms with Gasteiger partial charge in [-0.3, -0.25) is 14.2 Å². The van der Waals surface area contributed by atoms with Gasteiger partial charge in [0.25, 0.3) is 7.82 Å². The number of allylic oxidation sites excluding steroid dienone is 11. The Morgan fingerprint density at radius 1 is 0.474 bits per heavy atom. The van der Waals surface area contributed by atoms with Gasteiger partial charge in [0.1, 0.15) is 19.3 Å². The summed E-state index contributed by atoms with van der Waals surface area (Å²) in [4.78, 5) is 39.9. The molecule has 1 N–H and O–H groups in total. The van der Waals surface area contributed by atoms with Crippen molar-refractivity contribution in [2.24, 2.45) is 0 Å². The Morgan fingerprint density at radius 2 is 0.842 bits per heavy atom. The summed E-state index contributed by atoms with van der Waals surface area (Å²) in [6.07, 6.45) is 71.6. The molecule has 0 aliphatic carbocycles. The van der Waals surface area contributed by atoms with Crippen molar-refractivity contribution in [1.82, 2.24) is 5.32 Å². The lowest BCUT2D eigenvalue weighted by Crippen LogP contribution is -2.47. The lowest BCUT2D eigenvalue weighted by molar-refractivity contribution is -0.870. The second kappa shape index (κ2) is 55.8. The van der Waals surface area contributed by atoms with E-state index in [0.717, 1.165) is 96.3 Å². The van der Waals surface area contributed by atoms with E-state index in [1.807, 2.05) is 33.3 Å². The zero-order valence-electron chi connectivity index (χ0n) is 50.4. The van der Waals surface area contributed by atoms with Gasteiger partial charge in [-0.05, 0) is 76.7 Å². The maximum absolute atomic E-state index is 13.5. The van der Waals surface area contributed by atoms with Crippen molar-refractivity contribution >= 4 is 19.7 Å². The average Bonchev–Trinajstić information content (AvgIpc) is 3.38. The van der Waals surface area contributed by atoms with E-state index in [-0.39, 0.29) is 31.5 Å². The minimum Gasteiger partial charge on any atom is -0.756 e. The monoisotopic (exact) mass is 1080 g/mol. The number of likely N-dealkylation sites (N-methyl/N-ethyl adjacent to an activating group) is 1. The number of rotatable bonds is 57. The van der Waals surface area contributed by atoms with Crippen molar-refractivity contribution in [2.45, 2.75) is 296 Å². The van der Waals surface area contributed by atoms with Gasteiger partial charge in [-0.15, -0.1) is 0 Å². The first-order valence-electron chi connectivity index (χ1n) is 31.7. The van der Waals surface area contributed by atoms with Crippen LogP contribution < -0.4 is 10.2 Å². The zero-order valence-corrected chi connectivity index (χ0v) is 51.3. The average molecular weight is 1090 g/mol. The van der Waals surface area contributed by atoms with E-state index >= 15 is 0 Å². The van der Waals surface area contributed by atoms with Crippen LogP contribution in [-0.4, -0.2) is 69.4 Å². The van der Waals surface area contributed by atoms with E-state index < -0.39 is 20.0 Å². The third-order valence-electron chi connectivity index (χ3n) is 13.9. The fraction of sp³-hybridized carbons (Fsp3) is 0.788. The number of hydrogen-bond donors (Lipinski definition) is 1. The van der Waals surface area contributed by atoms with Crippen LogP contribution in [0.1, 0.15) is 284 Å². The van der Waals surface area contributed by atoms with Crippen molar-refractivity contribution < 1.29 is 37.3 Å². The van der Waals surface area contributed by atoms with E-state index in [0.29, 0.717) is 17.4 Å². The molecular formula is C66H121N2O7P. The maximum Gasteiger partial charge on any atom is 0.306 e. The number of esters is 1. The van der Waals surface area contributed by atoms with Gasteiger partial charge in [0, 0.05) is 12.8 Å².